The SMILES string of the molecule is Cc1ccc([C@H](O)[C@@H](F)c2ccccc2)cc1. The van der Waals surface area contributed by atoms with Gasteiger partial charge in [0.15, 0.2) is 6.17 Å². The van der Waals surface area contributed by atoms with Gasteiger partial charge in [-0.05, 0) is 18.1 Å². The zero-order valence-corrected chi connectivity index (χ0v) is 9.68. The maximum atomic E-state index is 14.1. The van der Waals surface area contributed by atoms with E-state index in [1.54, 1.807) is 36.4 Å². The number of benzene rings is 2. The molecule has 0 radical (unpaired) electrons. The first-order chi connectivity index (χ1) is 8.18. The van der Waals surface area contributed by atoms with Crippen LogP contribution in [0.5, 0.6) is 0 Å². The Hall–Kier alpha value is -1.67. The van der Waals surface area contributed by atoms with Crippen molar-refractivity contribution in [2.45, 2.75) is 19.2 Å². The molecule has 1 N–H and O–H groups in total. The minimum absolute atomic E-state index is 0.501. The van der Waals surface area contributed by atoms with Crippen molar-refractivity contribution in [1.82, 2.24) is 0 Å². The second-order valence-electron chi connectivity index (χ2n) is 4.17. The second kappa shape index (κ2) is 5.11. The first-order valence-electron chi connectivity index (χ1n) is 5.62. The van der Waals surface area contributed by atoms with Crippen molar-refractivity contribution in [3.8, 4) is 0 Å². The largest absolute Gasteiger partial charge is 0.385 e. The van der Waals surface area contributed by atoms with Crippen LogP contribution >= 0.6 is 0 Å². The van der Waals surface area contributed by atoms with Crippen molar-refractivity contribution in [2.24, 2.45) is 0 Å². The molecule has 0 heterocycles. The van der Waals surface area contributed by atoms with E-state index in [1.807, 2.05) is 25.1 Å². The molecular weight excluding hydrogens is 215 g/mol. The van der Waals surface area contributed by atoms with Crippen molar-refractivity contribution in [2.75, 3.05) is 0 Å². The Morgan fingerprint density at radius 3 is 2.06 bits per heavy atom. The van der Waals surface area contributed by atoms with Gasteiger partial charge in [0.05, 0.1) is 0 Å². The number of rotatable bonds is 3. The first kappa shape index (κ1) is 11.8. The van der Waals surface area contributed by atoms with Crippen molar-refractivity contribution in [3.05, 3.63) is 71.3 Å². The van der Waals surface area contributed by atoms with Crippen molar-refractivity contribution in [3.63, 3.8) is 0 Å². The van der Waals surface area contributed by atoms with Crippen LogP contribution in [0.15, 0.2) is 54.6 Å². The van der Waals surface area contributed by atoms with Crippen molar-refractivity contribution < 1.29 is 9.50 Å². The highest BCUT2D eigenvalue weighted by Crippen LogP contribution is 2.31. The fourth-order valence-electron chi connectivity index (χ4n) is 1.75. The Morgan fingerprint density at radius 2 is 1.47 bits per heavy atom. The van der Waals surface area contributed by atoms with E-state index in [4.69, 9.17) is 0 Å². The van der Waals surface area contributed by atoms with E-state index in [-0.39, 0.29) is 0 Å². The summed E-state index contributed by atoms with van der Waals surface area (Å²) in [7, 11) is 0. The lowest BCUT2D eigenvalue weighted by molar-refractivity contribution is 0.0775. The predicted octanol–water partition coefficient (Wildman–Crippen LogP) is 3.74. The number of halogens is 1. The van der Waals surface area contributed by atoms with Crippen LogP contribution in [0.2, 0.25) is 0 Å². The van der Waals surface area contributed by atoms with Gasteiger partial charge in [-0.15, -0.1) is 0 Å². The lowest BCUT2D eigenvalue weighted by Gasteiger charge is -2.16. The molecule has 0 aliphatic carbocycles. The van der Waals surface area contributed by atoms with Crippen LogP contribution in [0.1, 0.15) is 29.0 Å². The number of alkyl halides is 1. The Morgan fingerprint density at radius 1 is 0.882 bits per heavy atom. The Balaban J connectivity index is 2.20. The van der Waals surface area contributed by atoms with Gasteiger partial charge in [-0.3, -0.25) is 0 Å². The van der Waals surface area contributed by atoms with Gasteiger partial charge in [-0.1, -0.05) is 60.2 Å². The summed E-state index contributed by atoms with van der Waals surface area (Å²) in [6, 6.07) is 16.0. The van der Waals surface area contributed by atoms with Gasteiger partial charge >= 0.3 is 0 Å². The first-order valence-corrected chi connectivity index (χ1v) is 5.62. The summed E-state index contributed by atoms with van der Waals surface area (Å²) in [5.41, 5.74) is 2.20. The van der Waals surface area contributed by atoms with Crippen LogP contribution < -0.4 is 0 Å². The van der Waals surface area contributed by atoms with E-state index in [1.165, 1.54) is 0 Å². The Kier molecular flexibility index (Phi) is 3.55. The van der Waals surface area contributed by atoms with Crippen LogP contribution in [0.4, 0.5) is 4.39 Å². The average Bonchev–Trinajstić information content (AvgIpc) is 2.39. The average molecular weight is 230 g/mol. The molecule has 2 atom stereocenters. The zero-order chi connectivity index (χ0) is 12.3. The van der Waals surface area contributed by atoms with E-state index in [2.05, 4.69) is 0 Å². The molecule has 2 aromatic carbocycles. The Bertz CT molecular complexity index is 464. The predicted molar refractivity (Wildman–Crippen MR) is 66.4 cm³/mol. The zero-order valence-electron chi connectivity index (χ0n) is 9.68. The van der Waals surface area contributed by atoms with E-state index in [0.717, 1.165) is 5.56 Å². The van der Waals surface area contributed by atoms with Crippen molar-refractivity contribution >= 4 is 0 Å². The fraction of sp³-hybridized carbons (Fsp3) is 0.200. The molecule has 0 spiro atoms. The van der Waals surface area contributed by atoms with Gasteiger partial charge in [0.1, 0.15) is 6.10 Å². The molecule has 2 rings (SSSR count). The van der Waals surface area contributed by atoms with Gasteiger partial charge in [0.25, 0.3) is 0 Å². The molecule has 88 valence electrons. The van der Waals surface area contributed by atoms with Crippen LogP contribution in [-0.4, -0.2) is 5.11 Å². The molecule has 0 bridgehead atoms. The molecular formula is C15H15FO. The summed E-state index contributed by atoms with van der Waals surface area (Å²) in [6.07, 6.45) is -2.50. The molecule has 0 aliphatic rings. The molecule has 0 aliphatic heterocycles. The van der Waals surface area contributed by atoms with Crippen LogP contribution in [-0.2, 0) is 0 Å². The molecule has 1 nitrogen and oxygen atoms in total. The third kappa shape index (κ3) is 2.71. The topological polar surface area (TPSA) is 20.2 Å². The molecule has 0 saturated carbocycles. The van der Waals surface area contributed by atoms with Gasteiger partial charge in [0.2, 0.25) is 0 Å². The summed E-state index contributed by atoms with van der Waals surface area (Å²) in [6.45, 7) is 1.96. The number of aliphatic hydroxyl groups excluding tert-OH is 1. The van der Waals surface area contributed by atoms with Crippen molar-refractivity contribution in [1.29, 1.82) is 0 Å². The van der Waals surface area contributed by atoms with Crippen LogP contribution in [0.25, 0.3) is 0 Å². The molecule has 0 aromatic heterocycles. The van der Waals surface area contributed by atoms with Gasteiger partial charge in [-0.2, -0.15) is 0 Å². The molecule has 2 heteroatoms. The number of hydrogen-bond acceptors (Lipinski definition) is 1. The fourth-order valence-corrected chi connectivity index (χ4v) is 1.75. The van der Waals surface area contributed by atoms with Gasteiger partial charge in [-0.25, -0.2) is 4.39 Å². The monoisotopic (exact) mass is 230 g/mol. The number of aryl methyl sites for hydroxylation is 1. The Labute approximate surface area is 101 Å². The highest BCUT2D eigenvalue weighted by atomic mass is 19.1. The lowest BCUT2D eigenvalue weighted by atomic mass is 9.99. The summed E-state index contributed by atoms with van der Waals surface area (Å²) >= 11 is 0. The summed E-state index contributed by atoms with van der Waals surface area (Å²) in [5, 5.41) is 9.96. The third-order valence-electron chi connectivity index (χ3n) is 2.81. The van der Waals surface area contributed by atoms with Crippen LogP contribution in [0.3, 0.4) is 0 Å². The summed E-state index contributed by atoms with van der Waals surface area (Å²) < 4.78 is 14.1. The molecule has 0 amide bonds. The quantitative estimate of drug-likeness (QED) is 0.851. The smallest absolute Gasteiger partial charge is 0.155 e. The molecule has 0 saturated heterocycles. The lowest BCUT2D eigenvalue weighted by Crippen LogP contribution is -2.06. The molecule has 17 heavy (non-hydrogen) atoms. The van der Waals surface area contributed by atoms with Crippen LogP contribution in [0, 0.1) is 6.92 Å². The molecule has 2 aromatic rings. The maximum Gasteiger partial charge on any atom is 0.155 e. The number of aliphatic hydroxyl groups is 1. The normalized spacial score (nSPS) is 14.3. The minimum atomic E-state index is -1.39. The standard InChI is InChI=1S/C15H15FO/c1-11-7-9-13(10-8-11)15(17)14(16)12-5-3-2-4-6-12/h2-10,14-15,17H,1H3/t14-,15-/m0/s1. The second-order valence-corrected chi connectivity index (χ2v) is 4.17. The summed E-state index contributed by atoms with van der Waals surface area (Å²) in [5.74, 6) is 0. The highest BCUT2D eigenvalue weighted by molar-refractivity contribution is 5.27. The molecule has 0 fully saturated rings. The van der Waals surface area contributed by atoms with E-state index < -0.39 is 12.3 Å². The van der Waals surface area contributed by atoms with Gasteiger partial charge in [0, 0.05) is 0 Å². The molecule has 0 unspecified atom stereocenters. The minimum Gasteiger partial charge on any atom is -0.385 e. The summed E-state index contributed by atoms with van der Waals surface area (Å²) in [4.78, 5) is 0. The third-order valence-corrected chi connectivity index (χ3v) is 2.81. The van der Waals surface area contributed by atoms with E-state index >= 15 is 0 Å². The van der Waals surface area contributed by atoms with E-state index in [9.17, 15) is 9.50 Å². The number of hydrogen-bond donors (Lipinski definition) is 1. The maximum absolute atomic E-state index is 14.1. The van der Waals surface area contributed by atoms with E-state index in [0.29, 0.717) is 11.1 Å². The van der Waals surface area contributed by atoms with Gasteiger partial charge < -0.3 is 5.11 Å². The highest BCUT2D eigenvalue weighted by Gasteiger charge is 2.21.